The number of ketones is 1. The summed E-state index contributed by atoms with van der Waals surface area (Å²) in [5, 5.41) is 5.38. The molecule has 3 amide bonds. The van der Waals surface area contributed by atoms with Crippen LogP contribution in [0.25, 0.3) is 0 Å². The van der Waals surface area contributed by atoms with Gasteiger partial charge in [0.25, 0.3) is 5.91 Å². The Morgan fingerprint density at radius 2 is 1.67 bits per heavy atom. The van der Waals surface area contributed by atoms with Crippen LogP contribution in [0.15, 0.2) is 47.5 Å². The Balaban J connectivity index is 1.70. The van der Waals surface area contributed by atoms with Crippen molar-refractivity contribution < 1.29 is 33.0 Å². The molecule has 0 radical (unpaired) electrons. The summed E-state index contributed by atoms with van der Waals surface area (Å²) in [6.45, 7) is 10.3. The van der Waals surface area contributed by atoms with E-state index >= 15 is 0 Å². The minimum Gasteiger partial charge on any atom is -0.444 e. The molecule has 1 aliphatic carbocycles. The van der Waals surface area contributed by atoms with Gasteiger partial charge in [-0.25, -0.2) is 14.0 Å². The Morgan fingerprint density at radius 3 is 2.33 bits per heavy atom. The van der Waals surface area contributed by atoms with E-state index in [1.54, 1.807) is 41.5 Å². The lowest BCUT2D eigenvalue weighted by Gasteiger charge is -2.23. The number of alkyl carbamates (subject to hydrolysis) is 1. The second kappa shape index (κ2) is 14.1. The number of amidine groups is 1. The number of hydrogen-bond donors (Lipinski definition) is 2. The lowest BCUT2D eigenvalue weighted by Crippen LogP contribution is -2.38. The molecule has 0 fully saturated rings. The van der Waals surface area contributed by atoms with Crippen LogP contribution in [0.4, 0.5) is 14.0 Å². The third kappa shape index (κ3) is 10.8. The van der Waals surface area contributed by atoms with Gasteiger partial charge < -0.3 is 14.8 Å². The molecule has 0 saturated heterocycles. The predicted molar refractivity (Wildman–Crippen MR) is 162 cm³/mol. The number of carbonyl (C=O) groups is 4. The number of carbonyl (C=O) groups excluding carboxylic acids is 4. The third-order valence-corrected chi connectivity index (χ3v) is 6.79. The van der Waals surface area contributed by atoms with Crippen molar-refractivity contribution in [3.8, 4) is 0 Å². The van der Waals surface area contributed by atoms with Crippen molar-refractivity contribution in [2.75, 3.05) is 0 Å². The van der Waals surface area contributed by atoms with Crippen LogP contribution in [0, 0.1) is 11.7 Å². The van der Waals surface area contributed by atoms with Crippen molar-refractivity contribution in [3.63, 3.8) is 0 Å². The lowest BCUT2D eigenvalue weighted by atomic mass is 9.94. The zero-order valence-electron chi connectivity index (χ0n) is 25.4. The summed E-state index contributed by atoms with van der Waals surface area (Å²) in [5.41, 5.74) is 0.805. The van der Waals surface area contributed by atoms with Crippen molar-refractivity contribution >= 4 is 41.3 Å². The van der Waals surface area contributed by atoms with Crippen molar-refractivity contribution in [2.45, 2.75) is 90.9 Å². The van der Waals surface area contributed by atoms with Gasteiger partial charge in [-0.2, -0.15) is 4.99 Å². The van der Waals surface area contributed by atoms with Gasteiger partial charge in [-0.15, -0.1) is 0 Å². The first kappa shape index (κ1) is 33.7. The Kier molecular flexibility index (Phi) is 11.1. The number of hydrogen-bond acceptors (Lipinski definition) is 6. The fraction of sp³-hybridized carbons (Fsp3) is 0.469. The van der Waals surface area contributed by atoms with Gasteiger partial charge in [-0.1, -0.05) is 41.9 Å². The molecule has 0 bridgehead atoms. The van der Waals surface area contributed by atoms with Crippen LogP contribution in [-0.4, -0.2) is 40.9 Å². The van der Waals surface area contributed by atoms with Crippen LogP contribution >= 0.6 is 11.6 Å². The molecule has 2 N–H and O–H groups in total. The molecule has 43 heavy (non-hydrogen) atoms. The van der Waals surface area contributed by atoms with E-state index in [9.17, 15) is 23.6 Å². The second-order valence-corrected chi connectivity index (χ2v) is 12.9. The Bertz CT molecular complexity index is 1400. The van der Waals surface area contributed by atoms with E-state index in [4.69, 9.17) is 21.1 Å². The van der Waals surface area contributed by atoms with E-state index in [1.807, 2.05) is 24.3 Å². The highest BCUT2D eigenvalue weighted by Gasteiger charge is 2.34. The average Bonchev–Trinajstić information content (AvgIpc) is 3.20. The molecular weight excluding hydrogens is 577 g/mol. The third-order valence-electron chi connectivity index (χ3n) is 6.49. The summed E-state index contributed by atoms with van der Waals surface area (Å²) < 4.78 is 24.4. The number of fused-ring (bicyclic) bond motifs is 1. The summed E-state index contributed by atoms with van der Waals surface area (Å²) >= 11 is 5.72. The maximum absolute atomic E-state index is 13.8. The van der Waals surface area contributed by atoms with E-state index < -0.39 is 46.9 Å². The zero-order chi connectivity index (χ0) is 31.9. The number of benzene rings is 2. The van der Waals surface area contributed by atoms with Crippen LogP contribution in [0.5, 0.6) is 0 Å². The number of ether oxygens (including phenoxy) is 2. The number of amides is 3. The topological polar surface area (TPSA) is 123 Å². The van der Waals surface area contributed by atoms with Crippen LogP contribution < -0.4 is 10.6 Å². The van der Waals surface area contributed by atoms with Gasteiger partial charge in [-0.05, 0) is 95.5 Å². The molecule has 2 aromatic rings. The number of halogens is 2. The molecule has 2 aromatic carbocycles. The molecule has 0 heterocycles. The number of aliphatic imine (C=N–C) groups is 1. The van der Waals surface area contributed by atoms with Gasteiger partial charge in [0.1, 0.15) is 22.9 Å². The predicted octanol–water partition coefficient (Wildman–Crippen LogP) is 6.65. The van der Waals surface area contributed by atoms with E-state index in [1.165, 1.54) is 12.1 Å². The maximum Gasteiger partial charge on any atom is 0.435 e. The summed E-state index contributed by atoms with van der Waals surface area (Å²) in [7, 11) is 0. The number of rotatable bonds is 8. The van der Waals surface area contributed by atoms with E-state index in [0.717, 1.165) is 17.2 Å². The Hall–Kier alpha value is -3.79. The molecule has 0 aliphatic heterocycles. The zero-order valence-corrected chi connectivity index (χ0v) is 26.1. The number of Topliss-reactive ketones (excluding diaryl/α,β-unsaturated/α-hetero) is 1. The highest BCUT2D eigenvalue weighted by atomic mass is 35.5. The lowest BCUT2D eigenvalue weighted by molar-refractivity contribution is -0.138. The van der Waals surface area contributed by atoms with Crippen LogP contribution in [-0.2, 0) is 31.9 Å². The van der Waals surface area contributed by atoms with E-state index in [2.05, 4.69) is 15.6 Å². The quantitative estimate of drug-likeness (QED) is 0.195. The first-order valence-electron chi connectivity index (χ1n) is 14.2. The molecule has 232 valence electrons. The summed E-state index contributed by atoms with van der Waals surface area (Å²) in [5.74, 6) is -2.08. The Morgan fingerprint density at radius 1 is 1.00 bits per heavy atom. The molecule has 11 heteroatoms. The minimum atomic E-state index is -0.837. The SMILES string of the molecule is CC(C)(C)OC(=O)N=C(CCC[C@H]1Cc2ccccc2[C@@H]1NC(=O)C(=O)Cc1ccc(Cl)c(F)c1)NC(=O)OC(C)(C)C. The van der Waals surface area contributed by atoms with E-state index in [-0.39, 0.29) is 29.6 Å². The smallest absolute Gasteiger partial charge is 0.435 e. The van der Waals surface area contributed by atoms with Gasteiger partial charge in [0, 0.05) is 12.8 Å². The molecule has 1 aliphatic rings. The van der Waals surface area contributed by atoms with Gasteiger partial charge in [0.2, 0.25) is 5.78 Å². The summed E-state index contributed by atoms with van der Waals surface area (Å²) in [4.78, 5) is 54.5. The normalized spacial score (nSPS) is 16.7. The van der Waals surface area contributed by atoms with Crippen LogP contribution in [0.3, 0.4) is 0 Å². The van der Waals surface area contributed by atoms with Gasteiger partial charge >= 0.3 is 12.2 Å². The number of nitrogens with one attached hydrogen (secondary N) is 2. The molecule has 0 unspecified atom stereocenters. The van der Waals surface area contributed by atoms with E-state index in [0.29, 0.717) is 24.8 Å². The molecule has 0 saturated carbocycles. The summed E-state index contributed by atoms with van der Waals surface area (Å²) in [6, 6.07) is 11.2. The highest BCUT2D eigenvalue weighted by molar-refractivity contribution is 6.36. The van der Waals surface area contributed by atoms with Crippen molar-refractivity contribution in [1.82, 2.24) is 10.6 Å². The van der Waals surface area contributed by atoms with Gasteiger partial charge in [-0.3, -0.25) is 14.9 Å². The van der Waals surface area contributed by atoms with Crippen molar-refractivity contribution in [2.24, 2.45) is 10.9 Å². The molecule has 0 spiro atoms. The molecule has 3 rings (SSSR count). The highest BCUT2D eigenvalue weighted by Crippen LogP contribution is 2.39. The van der Waals surface area contributed by atoms with Gasteiger partial charge in [0.15, 0.2) is 0 Å². The minimum absolute atomic E-state index is 0.0633. The largest absolute Gasteiger partial charge is 0.444 e. The fourth-order valence-corrected chi connectivity index (χ4v) is 4.89. The van der Waals surface area contributed by atoms with Gasteiger partial charge in [0.05, 0.1) is 11.1 Å². The van der Waals surface area contributed by atoms with Crippen LogP contribution in [0.2, 0.25) is 5.02 Å². The van der Waals surface area contributed by atoms with Crippen molar-refractivity contribution in [1.29, 1.82) is 0 Å². The number of nitrogens with zero attached hydrogens (tertiary/aromatic N) is 1. The average molecular weight is 616 g/mol. The first-order valence-corrected chi connectivity index (χ1v) is 14.5. The second-order valence-electron chi connectivity index (χ2n) is 12.5. The molecule has 2 atom stereocenters. The molecular formula is C32H39ClFN3O6. The first-order chi connectivity index (χ1) is 20.0. The summed E-state index contributed by atoms with van der Waals surface area (Å²) in [6.07, 6.45) is 0.131. The molecule has 0 aromatic heterocycles. The fourth-order valence-electron chi connectivity index (χ4n) is 4.77. The van der Waals surface area contributed by atoms with Crippen LogP contribution in [0.1, 0.15) is 83.5 Å². The maximum atomic E-state index is 13.8. The molecule has 9 nitrogen and oxygen atoms in total. The monoisotopic (exact) mass is 615 g/mol. The Labute approximate surface area is 256 Å². The standard InChI is InChI=1S/C32H39ClFN3O6/c1-31(2,3)42-29(40)35-26(36-30(41)43-32(4,5)6)13-9-11-21-18-20-10-7-8-12-22(20)27(21)37-28(39)25(38)17-19-14-15-23(33)24(34)16-19/h7-8,10,12,14-16,21,27H,9,11,13,17-18H2,1-6H3,(H,37,39)(H,35,36,40,41)/t21-,27+/m0/s1. The van der Waals surface area contributed by atoms with Crippen molar-refractivity contribution in [3.05, 3.63) is 70.0 Å².